The van der Waals surface area contributed by atoms with Crippen LogP contribution in [0.5, 0.6) is 5.75 Å². The average molecular weight is 292 g/mol. The molecule has 1 aromatic carbocycles. The molecular weight excluding hydrogens is 264 g/mol. The second kappa shape index (κ2) is 5.70. The zero-order valence-corrected chi connectivity index (χ0v) is 14.2. The number of hydrogen-bond donors (Lipinski definition) is 2. The molecule has 0 aliphatic heterocycles. The van der Waals surface area contributed by atoms with Crippen LogP contribution in [-0.4, -0.2) is 16.2 Å². The maximum atomic E-state index is 11.0. The minimum atomic E-state index is -0.847. The highest BCUT2D eigenvalue weighted by molar-refractivity contribution is 5.68. The number of phenols is 1. The van der Waals surface area contributed by atoms with Gasteiger partial charge in [-0.15, -0.1) is 0 Å². The predicted octanol–water partition coefficient (Wildman–Crippen LogP) is 4.57. The van der Waals surface area contributed by atoms with Crippen LogP contribution in [0.15, 0.2) is 12.1 Å². The number of rotatable bonds is 3. The molecule has 1 aromatic rings. The second-order valence-electron chi connectivity index (χ2n) is 7.96. The molecule has 2 N–H and O–H groups in total. The van der Waals surface area contributed by atoms with Crippen molar-refractivity contribution in [3.8, 4) is 5.75 Å². The standard InChI is InChI=1S/C18H28O3/c1-11(8-15(19)20)13-9-12(17(2,3)4)10-14(16(13)21)18(5,6)7/h9-11,21H,8H2,1-7H3,(H,19,20). The van der Waals surface area contributed by atoms with Crippen molar-refractivity contribution in [2.75, 3.05) is 0 Å². The van der Waals surface area contributed by atoms with E-state index in [-0.39, 0.29) is 28.9 Å². The molecule has 0 aromatic heterocycles. The van der Waals surface area contributed by atoms with Gasteiger partial charge in [0.2, 0.25) is 0 Å². The number of aromatic hydroxyl groups is 1. The lowest BCUT2D eigenvalue weighted by Gasteiger charge is -2.28. The largest absolute Gasteiger partial charge is 0.507 e. The molecule has 1 atom stereocenters. The molecule has 0 heterocycles. The number of benzene rings is 1. The highest BCUT2D eigenvalue weighted by Crippen LogP contribution is 2.40. The van der Waals surface area contributed by atoms with Crippen LogP contribution in [0.1, 0.15) is 77.5 Å². The lowest BCUT2D eigenvalue weighted by molar-refractivity contribution is -0.137. The number of phenolic OH excluding ortho intramolecular Hbond substituents is 1. The summed E-state index contributed by atoms with van der Waals surface area (Å²) in [5.41, 5.74) is 2.49. The third kappa shape index (κ3) is 4.23. The van der Waals surface area contributed by atoms with Crippen molar-refractivity contribution in [1.82, 2.24) is 0 Å². The van der Waals surface area contributed by atoms with Gasteiger partial charge in [0.05, 0.1) is 6.42 Å². The Balaban J connectivity index is 3.52. The van der Waals surface area contributed by atoms with Crippen molar-refractivity contribution in [3.63, 3.8) is 0 Å². The van der Waals surface area contributed by atoms with Gasteiger partial charge in [0.25, 0.3) is 0 Å². The molecule has 0 radical (unpaired) electrons. The monoisotopic (exact) mass is 292 g/mol. The fourth-order valence-corrected chi connectivity index (χ4v) is 2.41. The normalized spacial score (nSPS) is 14.0. The Morgan fingerprint density at radius 3 is 2.00 bits per heavy atom. The van der Waals surface area contributed by atoms with Gasteiger partial charge in [-0.3, -0.25) is 4.79 Å². The minimum Gasteiger partial charge on any atom is -0.507 e. The van der Waals surface area contributed by atoms with Crippen LogP contribution in [0.4, 0.5) is 0 Å². The molecule has 0 spiro atoms. The van der Waals surface area contributed by atoms with Crippen molar-refractivity contribution in [2.24, 2.45) is 0 Å². The molecule has 0 aliphatic rings. The van der Waals surface area contributed by atoms with Crippen LogP contribution >= 0.6 is 0 Å². The van der Waals surface area contributed by atoms with Crippen molar-refractivity contribution in [1.29, 1.82) is 0 Å². The first-order chi connectivity index (χ1) is 9.34. The molecule has 3 heteroatoms. The molecule has 0 saturated heterocycles. The first kappa shape index (κ1) is 17.5. The molecule has 0 bridgehead atoms. The minimum absolute atomic E-state index is 0.0186. The Hall–Kier alpha value is -1.51. The molecular formula is C18H28O3. The molecule has 0 fully saturated rings. The van der Waals surface area contributed by atoms with E-state index in [0.29, 0.717) is 0 Å². The lowest BCUT2D eigenvalue weighted by Crippen LogP contribution is -2.18. The van der Waals surface area contributed by atoms with Gasteiger partial charge in [0.1, 0.15) is 5.75 Å². The van der Waals surface area contributed by atoms with E-state index in [2.05, 4.69) is 41.5 Å². The van der Waals surface area contributed by atoms with Crippen LogP contribution in [0.25, 0.3) is 0 Å². The van der Waals surface area contributed by atoms with Crippen LogP contribution in [0, 0.1) is 0 Å². The maximum Gasteiger partial charge on any atom is 0.303 e. The smallest absolute Gasteiger partial charge is 0.303 e. The van der Waals surface area contributed by atoms with Gasteiger partial charge in [0.15, 0.2) is 0 Å². The summed E-state index contributed by atoms with van der Waals surface area (Å²) in [4.78, 5) is 11.0. The van der Waals surface area contributed by atoms with Gasteiger partial charge in [0, 0.05) is 0 Å². The first-order valence-electron chi connectivity index (χ1n) is 7.43. The van der Waals surface area contributed by atoms with E-state index in [1.165, 1.54) is 0 Å². The van der Waals surface area contributed by atoms with Crippen molar-refractivity contribution in [2.45, 2.75) is 71.6 Å². The Bertz CT molecular complexity index is 531. The number of carboxylic acid groups (broad SMARTS) is 1. The van der Waals surface area contributed by atoms with Crippen LogP contribution in [0.3, 0.4) is 0 Å². The summed E-state index contributed by atoms with van der Waals surface area (Å²) in [5.74, 6) is -0.824. The quantitative estimate of drug-likeness (QED) is 0.858. The molecule has 21 heavy (non-hydrogen) atoms. The van der Waals surface area contributed by atoms with Crippen molar-refractivity contribution >= 4 is 5.97 Å². The Morgan fingerprint density at radius 1 is 1.10 bits per heavy atom. The van der Waals surface area contributed by atoms with Gasteiger partial charge in [-0.2, -0.15) is 0 Å². The van der Waals surface area contributed by atoms with Crippen LogP contribution in [0.2, 0.25) is 0 Å². The van der Waals surface area contributed by atoms with Gasteiger partial charge in [-0.25, -0.2) is 0 Å². The maximum absolute atomic E-state index is 11.0. The fourth-order valence-electron chi connectivity index (χ4n) is 2.41. The molecule has 0 saturated carbocycles. The Labute approximate surface area is 128 Å². The van der Waals surface area contributed by atoms with E-state index >= 15 is 0 Å². The molecule has 0 amide bonds. The highest BCUT2D eigenvalue weighted by Gasteiger charge is 2.27. The zero-order chi connectivity index (χ0) is 16.6. The number of carbonyl (C=O) groups is 1. The summed E-state index contributed by atoms with van der Waals surface area (Å²) >= 11 is 0. The van der Waals surface area contributed by atoms with E-state index in [4.69, 9.17) is 5.11 Å². The van der Waals surface area contributed by atoms with E-state index in [9.17, 15) is 9.90 Å². The topological polar surface area (TPSA) is 57.5 Å². The van der Waals surface area contributed by atoms with Gasteiger partial charge in [-0.1, -0.05) is 60.6 Å². The summed E-state index contributed by atoms with van der Waals surface area (Å²) in [6.45, 7) is 14.4. The third-order valence-electron chi connectivity index (χ3n) is 3.83. The molecule has 118 valence electrons. The summed E-state index contributed by atoms with van der Waals surface area (Å²) in [7, 11) is 0. The fraction of sp³-hybridized carbons (Fsp3) is 0.611. The number of carboxylic acids is 1. The third-order valence-corrected chi connectivity index (χ3v) is 3.83. The summed E-state index contributed by atoms with van der Waals surface area (Å²) < 4.78 is 0. The molecule has 3 nitrogen and oxygen atoms in total. The van der Waals surface area contributed by atoms with E-state index in [1.807, 2.05) is 19.1 Å². The molecule has 0 aliphatic carbocycles. The lowest BCUT2D eigenvalue weighted by atomic mass is 9.77. The average Bonchev–Trinajstić information content (AvgIpc) is 2.24. The van der Waals surface area contributed by atoms with Gasteiger partial charge >= 0.3 is 5.97 Å². The van der Waals surface area contributed by atoms with Crippen LogP contribution < -0.4 is 0 Å². The SMILES string of the molecule is CC(CC(=O)O)c1cc(C(C)(C)C)cc(C(C)(C)C)c1O. The molecule has 1 unspecified atom stereocenters. The van der Waals surface area contributed by atoms with Crippen molar-refractivity contribution < 1.29 is 15.0 Å². The number of hydrogen-bond acceptors (Lipinski definition) is 2. The second-order valence-corrected chi connectivity index (χ2v) is 7.96. The Morgan fingerprint density at radius 2 is 1.62 bits per heavy atom. The summed E-state index contributed by atoms with van der Waals surface area (Å²) in [6.07, 6.45) is 0.0186. The van der Waals surface area contributed by atoms with Crippen molar-refractivity contribution in [3.05, 3.63) is 28.8 Å². The zero-order valence-electron chi connectivity index (χ0n) is 14.2. The Kier molecular flexibility index (Phi) is 4.76. The number of aliphatic carboxylic acids is 1. The predicted molar refractivity (Wildman–Crippen MR) is 86.2 cm³/mol. The summed E-state index contributed by atoms with van der Waals surface area (Å²) in [5, 5.41) is 19.6. The molecule has 1 rings (SSSR count). The van der Waals surface area contributed by atoms with E-state index in [0.717, 1.165) is 16.7 Å². The van der Waals surface area contributed by atoms with Gasteiger partial charge in [-0.05, 0) is 33.4 Å². The van der Waals surface area contributed by atoms with Gasteiger partial charge < -0.3 is 10.2 Å². The highest BCUT2D eigenvalue weighted by atomic mass is 16.4. The summed E-state index contributed by atoms with van der Waals surface area (Å²) in [6, 6.07) is 4.00. The van der Waals surface area contributed by atoms with E-state index in [1.54, 1.807) is 0 Å². The first-order valence-corrected chi connectivity index (χ1v) is 7.43. The van der Waals surface area contributed by atoms with E-state index < -0.39 is 5.97 Å². The van der Waals surface area contributed by atoms with Crippen LogP contribution in [-0.2, 0) is 15.6 Å².